The van der Waals surface area contributed by atoms with Crippen LogP contribution in [0.1, 0.15) is 39.5 Å². The summed E-state index contributed by atoms with van der Waals surface area (Å²) in [4.78, 5) is 10.7. The summed E-state index contributed by atoms with van der Waals surface area (Å²) in [7, 11) is 0. The van der Waals surface area contributed by atoms with Crippen molar-refractivity contribution in [1.29, 1.82) is 0 Å². The number of amides is 1. The van der Waals surface area contributed by atoms with Gasteiger partial charge < -0.3 is 5.32 Å². The van der Waals surface area contributed by atoms with Crippen LogP contribution < -0.4 is 5.32 Å². The minimum absolute atomic E-state index is 0.101. The molecule has 1 saturated carbocycles. The van der Waals surface area contributed by atoms with Gasteiger partial charge >= 0.3 is 0 Å². The molecule has 0 aromatic rings. The largest absolute Gasteiger partial charge is 0.354 e. The summed E-state index contributed by atoms with van der Waals surface area (Å²) < 4.78 is 0. The lowest BCUT2D eigenvalue weighted by molar-refractivity contribution is -0.119. The van der Waals surface area contributed by atoms with E-state index in [4.69, 9.17) is 0 Å². The summed E-state index contributed by atoms with van der Waals surface area (Å²) in [6.45, 7) is 3.70. The molecule has 0 spiro atoms. The van der Waals surface area contributed by atoms with E-state index in [1.54, 1.807) is 6.92 Å². The molecule has 11 heavy (non-hydrogen) atoms. The summed E-state index contributed by atoms with van der Waals surface area (Å²) in [5, 5.41) is 2.95. The fourth-order valence-electron chi connectivity index (χ4n) is 1.90. The fourth-order valence-corrected chi connectivity index (χ4v) is 1.90. The summed E-state index contributed by atoms with van der Waals surface area (Å²) >= 11 is 0. The first kappa shape index (κ1) is 8.57. The Labute approximate surface area is 68.4 Å². The molecular weight excluding hydrogens is 138 g/mol. The molecule has 1 N–H and O–H groups in total. The van der Waals surface area contributed by atoms with Crippen molar-refractivity contribution in [2.75, 3.05) is 0 Å². The maximum absolute atomic E-state index is 10.7. The topological polar surface area (TPSA) is 29.1 Å². The van der Waals surface area contributed by atoms with Crippen LogP contribution in [0, 0.1) is 5.92 Å². The summed E-state index contributed by atoms with van der Waals surface area (Å²) in [5.74, 6) is 0.836. The van der Waals surface area contributed by atoms with Crippen molar-refractivity contribution in [3.8, 4) is 0 Å². The van der Waals surface area contributed by atoms with Gasteiger partial charge in [0.15, 0.2) is 0 Å². The average molecular weight is 155 g/mol. The minimum atomic E-state index is 0.101. The van der Waals surface area contributed by atoms with Crippen molar-refractivity contribution in [2.24, 2.45) is 5.92 Å². The van der Waals surface area contributed by atoms with Crippen molar-refractivity contribution in [3.05, 3.63) is 0 Å². The molecule has 1 atom stereocenters. The van der Waals surface area contributed by atoms with Gasteiger partial charge in [-0.25, -0.2) is 0 Å². The second-order valence-corrected chi connectivity index (χ2v) is 3.53. The maximum Gasteiger partial charge on any atom is 0.217 e. The lowest BCUT2D eigenvalue weighted by Gasteiger charge is -2.18. The summed E-state index contributed by atoms with van der Waals surface area (Å²) in [6.07, 6.45) is 5.27. The van der Waals surface area contributed by atoms with Gasteiger partial charge in [-0.1, -0.05) is 12.8 Å². The number of hydrogen-bond acceptors (Lipinski definition) is 1. The van der Waals surface area contributed by atoms with Crippen LogP contribution in [0.15, 0.2) is 0 Å². The van der Waals surface area contributed by atoms with Crippen molar-refractivity contribution >= 4 is 5.91 Å². The Hall–Kier alpha value is -0.530. The molecule has 1 rings (SSSR count). The van der Waals surface area contributed by atoms with Crippen LogP contribution in [0.2, 0.25) is 0 Å². The minimum Gasteiger partial charge on any atom is -0.354 e. The van der Waals surface area contributed by atoms with Gasteiger partial charge in [0, 0.05) is 13.0 Å². The third kappa shape index (κ3) is 2.52. The maximum atomic E-state index is 10.7. The molecule has 1 aliphatic rings. The Morgan fingerprint density at radius 2 is 2.00 bits per heavy atom. The van der Waals surface area contributed by atoms with E-state index < -0.39 is 0 Å². The fraction of sp³-hybridized carbons (Fsp3) is 0.889. The second-order valence-electron chi connectivity index (χ2n) is 3.53. The highest BCUT2D eigenvalue weighted by Gasteiger charge is 2.21. The van der Waals surface area contributed by atoms with E-state index in [1.807, 2.05) is 0 Å². The Balaban J connectivity index is 2.28. The second kappa shape index (κ2) is 3.74. The summed E-state index contributed by atoms with van der Waals surface area (Å²) in [5.41, 5.74) is 0. The first-order chi connectivity index (χ1) is 5.20. The molecule has 0 aromatic carbocycles. The molecule has 64 valence electrons. The molecule has 2 nitrogen and oxygen atoms in total. The number of carbonyl (C=O) groups excluding carboxylic acids is 1. The zero-order valence-corrected chi connectivity index (χ0v) is 7.39. The average Bonchev–Trinajstić information content (AvgIpc) is 2.35. The predicted octanol–water partition coefficient (Wildman–Crippen LogP) is 1.70. The molecule has 0 heterocycles. The predicted molar refractivity (Wildman–Crippen MR) is 45.2 cm³/mol. The third-order valence-electron chi connectivity index (χ3n) is 2.54. The molecule has 0 saturated heterocycles. The van der Waals surface area contributed by atoms with Crippen LogP contribution in [0.5, 0.6) is 0 Å². The first-order valence-corrected chi connectivity index (χ1v) is 4.47. The lowest BCUT2D eigenvalue weighted by atomic mass is 10.00. The van der Waals surface area contributed by atoms with Crippen molar-refractivity contribution in [2.45, 2.75) is 45.6 Å². The van der Waals surface area contributed by atoms with Crippen LogP contribution in [0.25, 0.3) is 0 Å². The van der Waals surface area contributed by atoms with E-state index >= 15 is 0 Å². The van der Waals surface area contributed by atoms with Gasteiger partial charge in [-0.3, -0.25) is 4.79 Å². The van der Waals surface area contributed by atoms with E-state index in [2.05, 4.69) is 12.2 Å². The van der Waals surface area contributed by atoms with Gasteiger partial charge in [0.25, 0.3) is 0 Å². The van der Waals surface area contributed by atoms with E-state index in [0.29, 0.717) is 6.04 Å². The smallest absolute Gasteiger partial charge is 0.217 e. The number of hydrogen-bond donors (Lipinski definition) is 1. The van der Waals surface area contributed by atoms with Gasteiger partial charge in [-0.15, -0.1) is 0 Å². The van der Waals surface area contributed by atoms with Crippen LogP contribution >= 0.6 is 0 Å². The van der Waals surface area contributed by atoms with Gasteiger partial charge in [0.1, 0.15) is 0 Å². The zero-order chi connectivity index (χ0) is 8.27. The van der Waals surface area contributed by atoms with E-state index in [0.717, 1.165) is 5.92 Å². The van der Waals surface area contributed by atoms with Crippen LogP contribution in [0.3, 0.4) is 0 Å². The zero-order valence-electron chi connectivity index (χ0n) is 7.39. The summed E-state index contributed by atoms with van der Waals surface area (Å²) in [6, 6.07) is 0.384. The molecule has 0 bridgehead atoms. The van der Waals surface area contributed by atoms with Crippen molar-refractivity contribution < 1.29 is 4.79 Å². The van der Waals surface area contributed by atoms with Crippen LogP contribution in [0.4, 0.5) is 0 Å². The van der Waals surface area contributed by atoms with E-state index in [-0.39, 0.29) is 5.91 Å². The molecule has 0 aromatic heterocycles. The van der Waals surface area contributed by atoms with Crippen molar-refractivity contribution in [1.82, 2.24) is 5.32 Å². The van der Waals surface area contributed by atoms with Gasteiger partial charge in [-0.2, -0.15) is 0 Å². The quantitative estimate of drug-likeness (QED) is 0.646. The van der Waals surface area contributed by atoms with Gasteiger partial charge in [0.05, 0.1) is 0 Å². The molecule has 1 fully saturated rings. The Morgan fingerprint density at radius 3 is 2.45 bits per heavy atom. The third-order valence-corrected chi connectivity index (χ3v) is 2.54. The first-order valence-electron chi connectivity index (χ1n) is 4.47. The van der Waals surface area contributed by atoms with Gasteiger partial charge in [-0.05, 0) is 25.7 Å². The standard InChI is InChI=1S/C9H17NO/c1-7(10-8(2)11)9-5-3-4-6-9/h7,9H,3-6H2,1-2H3,(H,10,11). The van der Waals surface area contributed by atoms with E-state index in [1.165, 1.54) is 25.7 Å². The normalized spacial score (nSPS) is 21.6. The molecule has 2 heteroatoms. The van der Waals surface area contributed by atoms with Crippen LogP contribution in [-0.4, -0.2) is 11.9 Å². The van der Waals surface area contributed by atoms with Gasteiger partial charge in [0.2, 0.25) is 5.91 Å². The number of carbonyl (C=O) groups is 1. The molecular formula is C9H17NO. The highest BCUT2D eigenvalue weighted by molar-refractivity contribution is 5.73. The van der Waals surface area contributed by atoms with Crippen LogP contribution in [-0.2, 0) is 4.79 Å². The number of nitrogens with one attached hydrogen (secondary N) is 1. The Morgan fingerprint density at radius 1 is 1.45 bits per heavy atom. The highest BCUT2D eigenvalue weighted by Crippen LogP contribution is 2.27. The number of rotatable bonds is 2. The monoisotopic (exact) mass is 155 g/mol. The molecule has 1 amide bonds. The Kier molecular flexibility index (Phi) is 2.92. The molecule has 1 aliphatic carbocycles. The van der Waals surface area contributed by atoms with E-state index in [9.17, 15) is 4.79 Å². The molecule has 0 radical (unpaired) electrons. The SMILES string of the molecule is CC(=O)NC(C)C1CCCC1. The molecule has 1 unspecified atom stereocenters. The molecule has 0 aliphatic heterocycles. The highest BCUT2D eigenvalue weighted by atomic mass is 16.1. The lowest BCUT2D eigenvalue weighted by Crippen LogP contribution is -2.35. The van der Waals surface area contributed by atoms with Crippen molar-refractivity contribution in [3.63, 3.8) is 0 Å². The Bertz CT molecular complexity index is 138.